The summed E-state index contributed by atoms with van der Waals surface area (Å²) in [6.45, 7) is 6.00. The molecule has 1 aromatic carbocycles. The molecule has 0 aliphatic carbocycles. The molecule has 0 radical (unpaired) electrons. The van der Waals surface area contributed by atoms with E-state index < -0.39 is 6.04 Å². The Morgan fingerprint density at radius 1 is 1.42 bits per heavy atom. The van der Waals surface area contributed by atoms with Crippen molar-refractivity contribution >= 4 is 17.5 Å². The molecule has 0 fully saturated rings. The van der Waals surface area contributed by atoms with Crippen molar-refractivity contribution in [2.75, 3.05) is 0 Å². The lowest BCUT2D eigenvalue weighted by Gasteiger charge is -2.21. The number of nitrogens with two attached hydrogens (primary N) is 1. The number of hydrogen-bond donors (Lipinski definition) is 2. The van der Waals surface area contributed by atoms with Crippen LogP contribution in [0.25, 0.3) is 0 Å². The number of rotatable bonds is 6. The Bertz CT molecular complexity index is 422. The van der Waals surface area contributed by atoms with Gasteiger partial charge in [0.1, 0.15) is 0 Å². The standard InChI is InChI=1S/C15H23ClN2O/c1-4-10(2)14(17)15(19)18-11(3)8-12-6-5-7-13(16)9-12/h5-7,9-11,14H,4,8,17H2,1-3H3,(H,18,19). The maximum absolute atomic E-state index is 11.9. The highest BCUT2D eigenvalue weighted by atomic mass is 35.5. The highest BCUT2D eigenvalue weighted by molar-refractivity contribution is 6.30. The summed E-state index contributed by atoms with van der Waals surface area (Å²) in [4.78, 5) is 11.9. The molecule has 1 amide bonds. The van der Waals surface area contributed by atoms with E-state index in [-0.39, 0.29) is 17.9 Å². The average molecular weight is 283 g/mol. The minimum absolute atomic E-state index is 0.0427. The van der Waals surface area contributed by atoms with Gasteiger partial charge in [-0.2, -0.15) is 0 Å². The van der Waals surface area contributed by atoms with Crippen LogP contribution in [0.3, 0.4) is 0 Å². The molecule has 3 nitrogen and oxygen atoms in total. The lowest BCUT2D eigenvalue weighted by atomic mass is 9.98. The summed E-state index contributed by atoms with van der Waals surface area (Å²) in [7, 11) is 0. The molecule has 19 heavy (non-hydrogen) atoms. The van der Waals surface area contributed by atoms with Crippen LogP contribution in [0.15, 0.2) is 24.3 Å². The van der Waals surface area contributed by atoms with Gasteiger partial charge >= 0.3 is 0 Å². The van der Waals surface area contributed by atoms with E-state index in [4.69, 9.17) is 17.3 Å². The molecule has 0 saturated carbocycles. The predicted molar refractivity (Wildman–Crippen MR) is 80.2 cm³/mol. The summed E-state index contributed by atoms with van der Waals surface area (Å²) in [5.41, 5.74) is 7.01. The minimum Gasteiger partial charge on any atom is -0.352 e. The van der Waals surface area contributed by atoms with E-state index in [1.54, 1.807) is 0 Å². The number of amides is 1. The van der Waals surface area contributed by atoms with Gasteiger partial charge in [-0.15, -0.1) is 0 Å². The second-order valence-corrected chi connectivity index (χ2v) is 5.59. The number of nitrogens with one attached hydrogen (secondary N) is 1. The molecule has 1 aromatic rings. The maximum atomic E-state index is 11.9. The first-order valence-corrected chi connectivity index (χ1v) is 7.12. The molecule has 1 rings (SSSR count). The third-order valence-corrected chi connectivity index (χ3v) is 3.61. The summed E-state index contributed by atoms with van der Waals surface area (Å²) in [6.07, 6.45) is 1.65. The number of hydrogen-bond acceptors (Lipinski definition) is 2. The zero-order valence-corrected chi connectivity index (χ0v) is 12.6. The van der Waals surface area contributed by atoms with E-state index in [0.29, 0.717) is 5.02 Å². The molecule has 106 valence electrons. The van der Waals surface area contributed by atoms with Crippen molar-refractivity contribution < 1.29 is 4.79 Å². The Labute approximate surface area is 120 Å². The number of benzene rings is 1. The van der Waals surface area contributed by atoms with Gasteiger partial charge in [-0.05, 0) is 37.0 Å². The number of halogens is 1. The predicted octanol–water partition coefficient (Wildman–Crippen LogP) is 2.76. The van der Waals surface area contributed by atoms with E-state index in [1.807, 2.05) is 45.0 Å². The van der Waals surface area contributed by atoms with Crippen molar-refractivity contribution in [1.82, 2.24) is 5.32 Å². The van der Waals surface area contributed by atoms with Crippen LogP contribution >= 0.6 is 11.6 Å². The van der Waals surface area contributed by atoms with Gasteiger partial charge in [0.15, 0.2) is 0 Å². The number of carbonyl (C=O) groups is 1. The van der Waals surface area contributed by atoms with Crippen molar-refractivity contribution in [2.45, 2.75) is 45.7 Å². The lowest BCUT2D eigenvalue weighted by molar-refractivity contribution is -0.124. The molecule has 0 heterocycles. The molecule has 3 unspecified atom stereocenters. The first-order chi connectivity index (χ1) is 8.93. The molecule has 0 aliphatic heterocycles. The van der Waals surface area contributed by atoms with Crippen LogP contribution in [0.4, 0.5) is 0 Å². The van der Waals surface area contributed by atoms with E-state index in [2.05, 4.69) is 5.32 Å². The van der Waals surface area contributed by atoms with Crippen molar-refractivity contribution in [3.05, 3.63) is 34.9 Å². The summed E-state index contributed by atoms with van der Waals surface area (Å²) in [6, 6.07) is 7.28. The Morgan fingerprint density at radius 2 is 2.11 bits per heavy atom. The topological polar surface area (TPSA) is 55.1 Å². The monoisotopic (exact) mass is 282 g/mol. The van der Waals surface area contributed by atoms with Crippen LogP contribution in [0.5, 0.6) is 0 Å². The minimum atomic E-state index is -0.438. The Morgan fingerprint density at radius 3 is 2.68 bits per heavy atom. The zero-order valence-electron chi connectivity index (χ0n) is 11.8. The molecule has 4 heteroatoms. The van der Waals surface area contributed by atoms with E-state index in [0.717, 1.165) is 18.4 Å². The Kier molecular flexibility index (Phi) is 6.32. The summed E-state index contributed by atoms with van der Waals surface area (Å²) in [5, 5.41) is 3.67. The summed E-state index contributed by atoms with van der Waals surface area (Å²) in [5.74, 6) is 0.113. The van der Waals surface area contributed by atoms with Gasteiger partial charge in [-0.1, -0.05) is 44.0 Å². The average Bonchev–Trinajstić information content (AvgIpc) is 2.36. The molecule has 0 spiro atoms. The molecule has 0 aromatic heterocycles. The van der Waals surface area contributed by atoms with Crippen LogP contribution in [-0.2, 0) is 11.2 Å². The molecular weight excluding hydrogens is 260 g/mol. The lowest BCUT2D eigenvalue weighted by Crippen LogP contribution is -2.48. The van der Waals surface area contributed by atoms with Crippen LogP contribution in [0, 0.1) is 5.92 Å². The molecule has 0 bridgehead atoms. The third-order valence-electron chi connectivity index (χ3n) is 3.38. The fraction of sp³-hybridized carbons (Fsp3) is 0.533. The smallest absolute Gasteiger partial charge is 0.237 e. The quantitative estimate of drug-likeness (QED) is 0.843. The van der Waals surface area contributed by atoms with Crippen LogP contribution < -0.4 is 11.1 Å². The van der Waals surface area contributed by atoms with Gasteiger partial charge in [0.25, 0.3) is 0 Å². The van der Waals surface area contributed by atoms with Crippen LogP contribution in [-0.4, -0.2) is 18.0 Å². The highest BCUT2D eigenvalue weighted by Gasteiger charge is 2.20. The van der Waals surface area contributed by atoms with Crippen LogP contribution in [0.1, 0.15) is 32.8 Å². The van der Waals surface area contributed by atoms with Crippen molar-refractivity contribution in [2.24, 2.45) is 11.7 Å². The first kappa shape index (κ1) is 16.0. The first-order valence-electron chi connectivity index (χ1n) is 6.74. The summed E-state index contributed by atoms with van der Waals surface area (Å²) >= 11 is 5.94. The number of carbonyl (C=O) groups excluding carboxylic acids is 1. The van der Waals surface area contributed by atoms with Gasteiger partial charge in [-0.3, -0.25) is 4.79 Å². The fourth-order valence-electron chi connectivity index (χ4n) is 1.92. The third kappa shape index (κ3) is 5.21. The molecule has 3 N–H and O–H groups in total. The summed E-state index contributed by atoms with van der Waals surface area (Å²) < 4.78 is 0. The zero-order chi connectivity index (χ0) is 14.4. The van der Waals surface area contributed by atoms with Gasteiger partial charge in [0.2, 0.25) is 5.91 Å². The van der Waals surface area contributed by atoms with Gasteiger partial charge in [0, 0.05) is 11.1 Å². The largest absolute Gasteiger partial charge is 0.352 e. The van der Waals surface area contributed by atoms with Gasteiger partial charge in [0.05, 0.1) is 6.04 Å². The van der Waals surface area contributed by atoms with Crippen LogP contribution in [0.2, 0.25) is 5.02 Å². The molecule has 0 aliphatic rings. The van der Waals surface area contributed by atoms with Gasteiger partial charge in [-0.25, -0.2) is 0 Å². The van der Waals surface area contributed by atoms with E-state index in [1.165, 1.54) is 0 Å². The normalized spacial score (nSPS) is 15.6. The van der Waals surface area contributed by atoms with Crippen molar-refractivity contribution in [3.63, 3.8) is 0 Å². The molecule has 0 saturated heterocycles. The SMILES string of the molecule is CCC(C)C(N)C(=O)NC(C)Cc1cccc(Cl)c1. The second-order valence-electron chi connectivity index (χ2n) is 5.15. The van der Waals surface area contributed by atoms with Crippen molar-refractivity contribution in [1.29, 1.82) is 0 Å². The maximum Gasteiger partial charge on any atom is 0.237 e. The second kappa shape index (κ2) is 7.51. The molecular formula is C15H23ClN2O. The highest BCUT2D eigenvalue weighted by Crippen LogP contribution is 2.12. The van der Waals surface area contributed by atoms with Gasteiger partial charge < -0.3 is 11.1 Å². The van der Waals surface area contributed by atoms with Crippen molar-refractivity contribution in [3.8, 4) is 0 Å². The van der Waals surface area contributed by atoms with E-state index in [9.17, 15) is 4.79 Å². The Hall–Kier alpha value is -1.06. The van der Waals surface area contributed by atoms with E-state index >= 15 is 0 Å². The molecule has 3 atom stereocenters. The Balaban J connectivity index is 2.51. The fourth-order valence-corrected chi connectivity index (χ4v) is 2.13.